The molecule has 2 heterocycles. The third-order valence-electron chi connectivity index (χ3n) is 5.28. The van der Waals surface area contributed by atoms with Crippen LogP contribution < -0.4 is 10.7 Å². The fourth-order valence-electron chi connectivity index (χ4n) is 3.49. The van der Waals surface area contributed by atoms with Crippen molar-refractivity contribution in [3.63, 3.8) is 0 Å². The number of aromatic nitrogens is 2. The van der Waals surface area contributed by atoms with E-state index in [0.29, 0.717) is 35.0 Å². The normalized spacial score (nSPS) is 13.5. The van der Waals surface area contributed by atoms with Crippen LogP contribution in [-0.4, -0.2) is 20.5 Å². The quantitative estimate of drug-likeness (QED) is 0.337. The lowest BCUT2D eigenvalue weighted by Crippen LogP contribution is -2.11. The summed E-state index contributed by atoms with van der Waals surface area (Å²) in [5.41, 5.74) is 2.03. The van der Waals surface area contributed by atoms with Crippen LogP contribution in [0.5, 0.6) is 5.75 Å². The van der Waals surface area contributed by atoms with E-state index in [4.69, 9.17) is 9.83 Å². The second kappa shape index (κ2) is 7.18. The molecule has 4 aromatic rings. The van der Waals surface area contributed by atoms with Gasteiger partial charge in [-0.15, -0.1) is 0 Å². The maximum Gasteiger partial charge on any atom is 0.235 e. The van der Waals surface area contributed by atoms with Crippen molar-refractivity contribution >= 4 is 22.5 Å². The number of imidazole rings is 1. The maximum absolute atomic E-state index is 12.8. The van der Waals surface area contributed by atoms with Gasteiger partial charge < -0.3 is 19.4 Å². The van der Waals surface area contributed by atoms with Gasteiger partial charge in [-0.2, -0.15) is 0 Å². The van der Waals surface area contributed by atoms with Crippen LogP contribution in [0.2, 0.25) is 0 Å². The van der Waals surface area contributed by atoms with Crippen molar-refractivity contribution in [1.82, 2.24) is 9.55 Å². The summed E-state index contributed by atoms with van der Waals surface area (Å²) >= 11 is 0. The van der Waals surface area contributed by atoms with Gasteiger partial charge in [0, 0.05) is 35.8 Å². The molecule has 150 valence electrons. The molecule has 0 spiro atoms. The molecule has 7 nitrogen and oxygen atoms in total. The molecule has 3 N–H and O–H groups in total. The van der Waals surface area contributed by atoms with Crippen LogP contribution in [0.4, 0.5) is 5.69 Å². The van der Waals surface area contributed by atoms with Crippen molar-refractivity contribution in [3.05, 3.63) is 71.4 Å². The average Bonchev–Trinajstić information content (AvgIpc) is 3.39. The van der Waals surface area contributed by atoms with Crippen LogP contribution in [0, 0.1) is 11.3 Å². The van der Waals surface area contributed by atoms with Crippen molar-refractivity contribution in [1.29, 1.82) is 5.41 Å². The fraction of sp³-hybridized carbons (Fsp3) is 0.174. The Hall–Kier alpha value is -3.87. The highest BCUT2D eigenvalue weighted by Gasteiger charge is 2.23. The van der Waals surface area contributed by atoms with E-state index >= 15 is 0 Å². The second-order valence-electron chi connectivity index (χ2n) is 7.59. The molecule has 0 radical (unpaired) electrons. The molecule has 0 bridgehead atoms. The Morgan fingerprint density at radius 2 is 2.03 bits per heavy atom. The van der Waals surface area contributed by atoms with Gasteiger partial charge in [-0.1, -0.05) is 0 Å². The number of nitrogens with one attached hydrogen (secondary N) is 2. The van der Waals surface area contributed by atoms with Gasteiger partial charge >= 0.3 is 0 Å². The average molecular weight is 400 g/mol. The van der Waals surface area contributed by atoms with Crippen LogP contribution in [0.3, 0.4) is 0 Å². The number of rotatable bonds is 5. The molecule has 1 saturated carbocycles. The second-order valence-corrected chi connectivity index (χ2v) is 7.59. The minimum absolute atomic E-state index is 0.131. The largest absolute Gasteiger partial charge is 0.502 e. The first-order valence-electron chi connectivity index (χ1n) is 9.81. The molecule has 0 atom stereocenters. The zero-order valence-electron chi connectivity index (χ0n) is 16.1. The third-order valence-corrected chi connectivity index (χ3v) is 5.28. The Bertz CT molecular complexity index is 1290. The molecule has 7 heteroatoms. The summed E-state index contributed by atoms with van der Waals surface area (Å²) in [5, 5.41) is 21.9. The van der Waals surface area contributed by atoms with Crippen molar-refractivity contribution < 1.29 is 9.52 Å². The number of hydrogen-bond acceptors (Lipinski definition) is 5. The molecule has 0 unspecified atom stereocenters. The van der Waals surface area contributed by atoms with E-state index < -0.39 is 11.2 Å². The van der Waals surface area contributed by atoms with E-state index in [0.717, 1.165) is 5.69 Å². The molecule has 1 fully saturated rings. The van der Waals surface area contributed by atoms with E-state index in [2.05, 4.69) is 10.3 Å². The molecule has 0 aliphatic heterocycles. The fourth-order valence-corrected chi connectivity index (χ4v) is 3.49. The van der Waals surface area contributed by atoms with Gasteiger partial charge in [-0.05, 0) is 61.2 Å². The van der Waals surface area contributed by atoms with E-state index in [1.54, 1.807) is 42.9 Å². The molecule has 1 aliphatic rings. The summed E-state index contributed by atoms with van der Waals surface area (Å²) in [6.45, 7) is 0. The van der Waals surface area contributed by atoms with Crippen LogP contribution in [-0.2, 0) is 0 Å². The van der Waals surface area contributed by atoms with Gasteiger partial charge in [-0.25, -0.2) is 4.98 Å². The van der Waals surface area contributed by atoms with Crippen molar-refractivity contribution in [2.24, 2.45) is 5.92 Å². The highest BCUT2D eigenvalue weighted by Crippen LogP contribution is 2.33. The summed E-state index contributed by atoms with van der Waals surface area (Å²) < 4.78 is 7.73. The zero-order chi connectivity index (χ0) is 20.7. The molecular weight excluding hydrogens is 380 g/mol. The molecule has 2 aromatic heterocycles. The van der Waals surface area contributed by atoms with E-state index in [-0.39, 0.29) is 11.1 Å². The Labute approximate surface area is 172 Å². The molecule has 1 aliphatic carbocycles. The Balaban J connectivity index is 1.47. The number of fused-ring (bicyclic) bond motifs is 1. The third kappa shape index (κ3) is 3.45. The topological polar surface area (TPSA) is 104 Å². The van der Waals surface area contributed by atoms with Crippen molar-refractivity contribution in [2.75, 3.05) is 5.32 Å². The molecule has 30 heavy (non-hydrogen) atoms. The SMILES string of the molecule is N=C(CC1CC1)Nc1ccc2oc(-c3ccc(-n4ccnc4)cc3)c(O)c(=O)c2c1. The lowest BCUT2D eigenvalue weighted by atomic mass is 10.1. The van der Waals surface area contributed by atoms with Crippen LogP contribution in [0.15, 0.2) is 70.4 Å². The summed E-state index contributed by atoms with van der Waals surface area (Å²) in [6, 6.07) is 12.4. The summed E-state index contributed by atoms with van der Waals surface area (Å²) in [4.78, 5) is 16.8. The van der Waals surface area contributed by atoms with Gasteiger partial charge in [0.05, 0.1) is 17.5 Å². The van der Waals surface area contributed by atoms with Crippen molar-refractivity contribution in [3.8, 4) is 22.8 Å². The summed E-state index contributed by atoms with van der Waals surface area (Å²) in [7, 11) is 0. The Kier molecular flexibility index (Phi) is 4.35. The maximum atomic E-state index is 12.8. The first kappa shape index (κ1) is 18.2. The highest BCUT2D eigenvalue weighted by molar-refractivity contribution is 5.95. The Morgan fingerprint density at radius 1 is 1.23 bits per heavy atom. The minimum Gasteiger partial charge on any atom is -0.502 e. The molecule has 0 amide bonds. The van der Waals surface area contributed by atoms with Gasteiger partial charge in [-0.3, -0.25) is 10.2 Å². The lowest BCUT2D eigenvalue weighted by Gasteiger charge is -2.10. The number of aromatic hydroxyl groups is 1. The first-order chi connectivity index (χ1) is 14.6. The predicted octanol–water partition coefficient (Wildman–Crippen LogP) is 4.54. The zero-order valence-corrected chi connectivity index (χ0v) is 16.1. The molecule has 0 saturated heterocycles. The summed E-state index contributed by atoms with van der Waals surface area (Å²) in [5.74, 6) is 0.734. The first-order valence-corrected chi connectivity index (χ1v) is 9.81. The van der Waals surface area contributed by atoms with E-state index in [1.807, 2.05) is 22.9 Å². The van der Waals surface area contributed by atoms with Gasteiger partial charge in [0.15, 0.2) is 5.76 Å². The van der Waals surface area contributed by atoms with Gasteiger partial charge in [0.2, 0.25) is 11.2 Å². The number of anilines is 1. The van der Waals surface area contributed by atoms with Crippen LogP contribution in [0.1, 0.15) is 19.3 Å². The molecule has 5 rings (SSSR count). The highest BCUT2D eigenvalue weighted by atomic mass is 16.4. The van der Waals surface area contributed by atoms with Crippen LogP contribution in [0.25, 0.3) is 28.0 Å². The number of hydrogen-bond donors (Lipinski definition) is 3. The van der Waals surface area contributed by atoms with E-state index in [9.17, 15) is 9.90 Å². The monoisotopic (exact) mass is 400 g/mol. The van der Waals surface area contributed by atoms with Gasteiger partial charge in [0.1, 0.15) is 5.58 Å². The number of benzene rings is 2. The Morgan fingerprint density at radius 3 is 2.73 bits per heavy atom. The van der Waals surface area contributed by atoms with E-state index in [1.165, 1.54) is 12.8 Å². The summed E-state index contributed by atoms with van der Waals surface area (Å²) in [6.07, 6.45) is 8.28. The van der Waals surface area contributed by atoms with Crippen molar-refractivity contribution in [2.45, 2.75) is 19.3 Å². The smallest absolute Gasteiger partial charge is 0.235 e. The molecule has 2 aromatic carbocycles. The lowest BCUT2D eigenvalue weighted by molar-refractivity contribution is 0.449. The standard InChI is InChI=1S/C23H20N4O3/c24-20(11-14-1-2-14)26-16-5-8-19-18(12-16)21(28)22(29)23(30-19)15-3-6-17(7-4-15)27-10-9-25-13-27/h3-10,12-14,29H,1-2,11H2,(H2,24,26). The predicted molar refractivity (Wildman–Crippen MR) is 115 cm³/mol. The van der Waals surface area contributed by atoms with Gasteiger partial charge in [0.25, 0.3) is 0 Å². The number of nitrogens with zero attached hydrogens (tertiary/aromatic N) is 2. The number of amidine groups is 1. The van der Waals surface area contributed by atoms with Crippen LogP contribution >= 0.6 is 0 Å². The minimum atomic E-state index is -0.498. The molecular formula is C23H20N4O3.